The summed E-state index contributed by atoms with van der Waals surface area (Å²) in [7, 11) is -3.68. The lowest BCUT2D eigenvalue weighted by atomic mass is 10.2. The number of sulfonamides is 1. The molecule has 0 aromatic carbocycles. The van der Waals surface area contributed by atoms with E-state index in [0.717, 1.165) is 0 Å². The Morgan fingerprint density at radius 1 is 1.32 bits per heavy atom. The number of H-pyrrole nitrogens is 1. The minimum atomic E-state index is -3.68. The van der Waals surface area contributed by atoms with Gasteiger partial charge < -0.3 is 0 Å². The number of hydrogen-bond acceptors (Lipinski definition) is 5. The third-order valence-corrected chi connectivity index (χ3v) is 5.09. The van der Waals surface area contributed by atoms with Crippen LogP contribution in [0.2, 0.25) is 0 Å². The standard InChI is InChI=1S/C13H22N6O2S/c1-8(2)6-19-11(5)12(9(3)17-19)22(20,21)18-10(4)13-14-7-15-16-13/h7-8,10,18H,6H2,1-5H3,(H,14,15,16)/t10-/m0/s1. The van der Waals surface area contributed by atoms with Gasteiger partial charge in [0.25, 0.3) is 0 Å². The summed E-state index contributed by atoms with van der Waals surface area (Å²) >= 11 is 0. The molecule has 2 rings (SSSR count). The molecule has 0 unspecified atom stereocenters. The molecule has 122 valence electrons. The second-order valence-electron chi connectivity index (χ2n) is 5.79. The first-order valence-corrected chi connectivity index (χ1v) is 8.62. The molecule has 0 amide bonds. The summed E-state index contributed by atoms with van der Waals surface area (Å²) < 4.78 is 29.7. The van der Waals surface area contributed by atoms with Crippen molar-refractivity contribution in [1.29, 1.82) is 0 Å². The van der Waals surface area contributed by atoms with Crippen molar-refractivity contribution < 1.29 is 8.42 Å². The summed E-state index contributed by atoms with van der Waals surface area (Å²) in [6, 6.07) is -0.500. The molecular weight excluding hydrogens is 304 g/mol. The minimum Gasteiger partial charge on any atom is -0.268 e. The molecule has 2 N–H and O–H groups in total. The van der Waals surface area contributed by atoms with Crippen molar-refractivity contribution in [3.05, 3.63) is 23.5 Å². The molecule has 0 aliphatic heterocycles. The predicted octanol–water partition coefficient (Wildman–Crippen LogP) is 1.31. The summed E-state index contributed by atoms with van der Waals surface area (Å²) in [4.78, 5) is 4.20. The molecule has 0 aliphatic rings. The van der Waals surface area contributed by atoms with E-state index < -0.39 is 16.1 Å². The highest BCUT2D eigenvalue weighted by atomic mass is 32.2. The fourth-order valence-corrected chi connectivity index (χ4v) is 3.98. The molecule has 0 fully saturated rings. The van der Waals surface area contributed by atoms with Gasteiger partial charge in [0.1, 0.15) is 17.0 Å². The van der Waals surface area contributed by atoms with Gasteiger partial charge in [0, 0.05) is 6.54 Å². The summed E-state index contributed by atoms with van der Waals surface area (Å²) in [6.07, 6.45) is 1.34. The highest BCUT2D eigenvalue weighted by Crippen LogP contribution is 2.22. The molecule has 2 heterocycles. The molecule has 0 saturated carbocycles. The first-order valence-electron chi connectivity index (χ1n) is 7.14. The third-order valence-electron chi connectivity index (χ3n) is 3.30. The largest absolute Gasteiger partial charge is 0.268 e. The third kappa shape index (κ3) is 3.36. The maximum absolute atomic E-state index is 12.7. The second-order valence-corrected chi connectivity index (χ2v) is 7.44. The van der Waals surface area contributed by atoms with E-state index in [2.05, 4.69) is 38.8 Å². The lowest BCUT2D eigenvalue weighted by Gasteiger charge is -2.12. The van der Waals surface area contributed by atoms with E-state index in [0.29, 0.717) is 29.7 Å². The zero-order valence-electron chi connectivity index (χ0n) is 13.5. The zero-order valence-corrected chi connectivity index (χ0v) is 14.3. The summed E-state index contributed by atoms with van der Waals surface area (Å²) in [5, 5.41) is 10.7. The summed E-state index contributed by atoms with van der Waals surface area (Å²) in [5.41, 5.74) is 1.14. The minimum absolute atomic E-state index is 0.236. The van der Waals surface area contributed by atoms with Crippen LogP contribution in [0, 0.1) is 19.8 Å². The van der Waals surface area contributed by atoms with Crippen LogP contribution in [0.4, 0.5) is 0 Å². The number of hydrogen-bond donors (Lipinski definition) is 2. The van der Waals surface area contributed by atoms with Crippen molar-refractivity contribution in [2.24, 2.45) is 5.92 Å². The smallest absolute Gasteiger partial charge is 0.244 e. The fraction of sp³-hybridized carbons (Fsp3) is 0.615. The van der Waals surface area contributed by atoms with E-state index >= 15 is 0 Å². The maximum atomic E-state index is 12.7. The number of nitrogens with one attached hydrogen (secondary N) is 2. The molecule has 1 atom stereocenters. The van der Waals surface area contributed by atoms with E-state index in [1.54, 1.807) is 25.5 Å². The highest BCUT2D eigenvalue weighted by Gasteiger charge is 2.27. The topological polar surface area (TPSA) is 106 Å². The van der Waals surface area contributed by atoms with Gasteiger partial charge in [0.05, 0.1) is 17.4 Å². The van der Waals surface area contributed by atoms with E-state index in [1.807, 2.05) is 0 Å². The van der Waals surface area contributed by atoms with Crippen molar-refractivity contribution in [2.45, 2.75) is 52.1 Å². The van der Waals surface area contributed by atoms with Gasteiger partial charge in [-0.05, 0) is 26.7 Å². The van der Waals surface area contributed by atoms with Crippen molar-refractivity contribution in [2.75, 3.05) is 0 Å². The molecule has 22 heavy (non-hydrogen) atoms. The maximum Gasteiger partial charge on any atom is 0.244 e. The van der Waals surface area contributed by atoms with Gasteiger partial charge in [0.2, 0.25) is 10.0 Å². The number of aromatic nitrogens is 5. The monoisotopic (exact) mass is 326 g/mol. The molecule has 0 spiro atoms. The number of aromatic amines is 1. The fourth-order valence-electron chi connectivity index (χ4n) is 2.36. The molecule has 0 aliphatic carbocycles. The Hall–Kier alpha value is -1.74. The molecule has 8 nitrogen and oxygen atoms in total. The first kappa shape index (κ1) is 16.6. The Morgan fingerprint density at radius 3 is 2.55 bits per heavy atom. The van der Waals surface area contributed by atoms with Crippen LogP contribution in [0.3, 0.4) is 0 Å². The number of nitrogens with zero attached hydrogens (tertiary/aromatic N) is 4. The average molecular weight is 326 g/mol. The van der Waals surface area contributed by atoms with Gasteiger partial charge in [-0.25, -0.2) is 18.1 Å². The normalized spacial score (nSPS) is 13.7. The highest BCUT2D eigenvalue weighted by molar-refractivity contribution is 7.89. The first-order chi connectivity index (χ1) is 10.2. The molecule has 0 bridgehead atoms. The summed E-state index contributed by atoms with van der Waals surface area (Å²) in [5.74, 6) is 0.850. The van der Waals surface area contributed by atoms with E-state index in [4.69, 9.17) is 0 Å². The molecule has 0 saturated heterocycles. The molecule has 9 heteroatoms. The van der Waals surface area contributed by atoms with Crippen LogP contribution in [0.25, 0.3) is 0 Å². The number of aryl methyl sites for hydroxylation is 1. The molecular formula is C13H22N6O2S. The zero-order chi connectivity index (χ0) is 16.5. The van der Waals surface area contributed by atoms with Crippen LogP contribution in [0.5, 0.6) is 0 Å². The van der Waals surface area contributed by atoms with E-state index in [1.165, 1.54) is 6.33 Å². The Labute approximate surface area is 130 Å². The molecule has 0 radical (unpaired) electrons. The predicted molar refractivity (Wildman–Crippen MR) is 81.7 cm³/mol. The van der Waals surface area contributed by atoms with Crippen molar-refractivity contribution in [3.63, 3.8) is 0 Å². The van der Waals surface area contributed by atoms with Gasteiger partial charge in [0.15, 0.2) is 0 Å². The SMILES string of the molecule is Cc1nn(CC(C)C)c(C)c1S(=O)(=O)N[C@@H](C)c1ncn[nH]1. The molecule has 2 aromatic rings. The molecule has 2 aromatic heterocycles. The van der Waals surface area contributed by atoms with Crippen LogP contribution in [0.15, 0.2) is 11.2 Å². The Balaban J connectivity index is 2.31. The van der Waals surface area contributed by atoms with Gasteiger partial charge in [-0.1, -0.05) is 13.8 Å². The summed E-state index contributed by atoms with van der Waals surface area (Å²) in [6.45, 7) is 10.00. The van der Waals surface area contributed by atoms with Crippen LogP contribution >= 0.6 is 0 Å². The van der Waals surface area contributed by atoms with Crippen LogP contribution in [0.1, 0.15) is 44.0 Å². The average Bonchev–Trinajstić information content (AvgIpc) is 2.97. The van der Waals surface area contributed by atoms with Crippen molar-refractivity contribution in [1.82, 2.24) is 29.7 Å². The van der Waals surface area contributed by atoms with Crippen molar-refractivity contribution >= 4 is 10.0 Å². The lowest BCUT2D eigenvalue weighted by Crippen LogP contribution is -2.28. The van der Waals surface area contributed by atoms with Gasteiger partial charge >= 0.3 is 0 Å². The van der Waals surface area contributed by atoms with Crippen molar-refractivity contribution in [3.8, 4) is 0 Å². The van der Waals surface area contributed by atoms with Crippen LogP contribution < -0.4 is 4.72 Å². The second kappa shape index (κ2) is 6.17. The Kier molecular flexibility index (Phi) is 4.66. The van der Waals surface area contributed by atoms with Gasteiger partial charge in [-0.15, -0.1) is 0 Å². The quantitative estimate of drug-likeness (QED) is 0.832. The van der Waals surface area contributed by atoms with E-state index in [-0.39, 0.29) is 4.90 Å². The lowest BCUT2D eigenvalue weighted by molar-refractivity contribution is 0.471. The van der Waals surface area contributed by atoms with Crippen LogP contribution in [-0.2, 0) is 16.6 Å². The van der Waals surface area contributed by atoms with Gasteiger partial charge in [-0.2, -0.15) is 10.2 Å². The van der Waals surface area contributed by atoms with Gasteiger partial charge in [-0.3, -0.25) is 9.78 Å². The van der Waals surface area contributed by atoms with E-state index in [9.17, 15) is 8.42 Å². The number of rotatable bonds is 6. The Bertz CT molecular complexity index is 733. The van der Waals surface area contributed by atoms with Crippen LogP contribution in [-0.4, -0.2) is 33.4 Å². The Morgan fingerprint density at radius 2 is 2.00 bits per heavy atom.